The Morgan fingerprint density at radius 2 is 2.06 bits per heavy atom. The van der Waals surface area contributed by atoms with Crippen molar-refractivity contribution >= 4 is 16.6 Å². The second-order valence-electron chi connectivity index (χ2n) is 4.87. The number of nitrogens with zero attached hydrogens (tertiary/aromatic N) is 1. The van der Waals surface area contributed by atoms with Gasteiger partial charge in [-0.3, -0.25) is 4.79 Å². The summed E-state index contributed by atoms with van der Waals surface area (Å²) in [4.78, 5) is 11.9. The molecule has 0 fully saturated rings. The van der Waals surface area contributed by atoms with Crippen molar-refractivity contribution < 1.29 is 0 Å². The van der Waals surface area contributed by atoms with Gasteiger partial charge < -0.3 is 9.88 Å². The van der Waals surface area contributed by atoms with E-state index in [2.05, 4.69) is 19.2 Å². The van der Waals surface area contributed by atoms with Gasteiger partial charge in [-0.2, -0.15) is 0 Å². The second-order valence-corrected chi connectivity index (χ2v) is 4.87. The molecule has 0 aliphatic heterocycles. The maximum atomic E-state index is 11.9. The van der Waals surface area contributed by atoms with Crippen molar-refractivity contribution in [1.29, 1.82) is 0 Å². The summed E-state index contributed by atoms with van der Waals surface area (Å²) in [5, 5.41) is 4.49. The van der Waals surface area contributed by atoms with Gasteiger partial charge in [0.25, 0.3) is 5.56 Å². The molecule has 0 radical (unpaired) electrons. The third-order valence-electron chi connectivity index (χ3n) is 3.49. The molecule has 1 aromatic heterocycles. The van der Waals surface area contributed by atoms with Crippen molar-refractivity contribution in [1.82, 2.24) is 4.57 Å². The van der Waals surface area contributed by atoms with Crippen LogP contribution in [0.25, 0.3) is 10.9 Å². The van der Waals surface area contributed by atoms with E-state index in [9.17, 15) is 4.79 Å². The lowest BCUT2D eigenvalue weighted by Gasteiger charge is -2.14. The highest BCUT2D eigenvalue weighted by Gasteiger charge is 2.06. The third-order valence-corrected chi connectivity index (χ3v) is 3.49. The molecule has 3 heteroatoms. The molecule has 1 unspecified atom stereocenters. The summed E-state index contributed by atoms with van der Waals surface area (Å²) in [6.07, 6.45) is 1.13. The molecule has 1 heterocycles. The highest BCUT2D eigenvalue weighted by molar-refractivity contribution is 5.91. The number of pyridine rings is 1. The van der Waals surface area contributed by atoms with Gasteiger partial charge in [-0.15, -0.1) is 0 Å². The molecular weight excluding hydrogens is 224 g/mol. The quantitative estimate of drug-likeness (QED) is 0.897. The van der Waals surface area contributed by atoms with E-state index in [-0.39, 0.29) is 5.56 Å². The van der Waals surface area contributed by atoms with Gasteiger partial charge in [0.05, 0.1) is 5.52 Å². The molecule has 2 aromatic rings. The van der Waals surface area contributed by atoms with Crippen molar-refractivity contribution in [3.05, 3.63) is 40.7 Å². The Balaban J connectivity index is 2.44. The standard InChI is InChI=1S/C15H20N2O/c1-4-11(2)10-16-13-9-15(18)17(3)14-8-6-5-7-12(13)14/h5-9,11,16H,4,10H2,1-3H3. The first-order chi connectivity index (χ1) is 8.63. The number of hydrogen-bond donors (Lipinski definition) is 1. The minimum Gasteiger partial charge on any atom is -0.384 e. The molecule has 0 spiro atoms. The van der Waals surface area contributed by atoms with Gasteiger partial charge in [0, 0.05) is 30.7 Å². The zero-order valence-corrected chi connectivity index (χ0v) is 11.2. The Morgan fingerprint density at radius 3 is 2.78 bits per heavy atom. The van der Waals surface area contributed by atoms with Gasteiger partial charge in [-0.1, -0.05) is 38.5 Å². The zero-order valence-electron chi connectivity index (χ0n) is 11.2. The predicted octanol–water partition coefficient (Wildman–Crippen LogP) is 3.00. The average molecular weight is 244 g/mol. The first kappa shape index (κ1) is 12.7. The topological polar surface area (TPSA) is 34.0 Å². The number of benzene rings is 1. The van der Waals surface area contributed by atoms with Crippen LogP contribution in [0.5, 0.6) is 0 Å². The highest BCUT2D eigenvalue weighted by Crippen LogP contribution is 2.21. The van der Waals surface area contributed by atoms with Crippen molar-refractivity contribution in [3.8, 4) is 0 Å². The van der Waals surface area contributed by atoms with Gasteiger partial charge in [-0.25, -0.2) is 0 Å². The molecule has 0 bridgehead atoms. The van der Waals surface area contributed by atoms with E-state index in [1.54, 1.807) is 10.6 Å². The van der Waals surface area contributed by atoms with Crippen LogP contribution in [0.1, 0.15) is 20.3 Å². The van der Waals surface area contributed by atoms with Gasteiger partial charge in [-0.05, 0) is 12.0 Å². The third kappa shape index (κ3) is 2.40. The Kier molecular flexibility index (Phi) is 3.70. The molecule has 0 saturated heterocycles. The van der Waals surface area contributed by atoms with E-state index in [0.717, 1.165) is 29.6 Å². The number of anilines is 1. The molecule has 1 N–H and O–H groups in total. The maximum Gasteiger partial charge on any atom is 0.252 e. The van der Waals surface area contributed by atoms with Crippen LogP contribution in [-0.4, -0.2) is 11.1 Å². The molecule has 2 rings (SSSR count). The molecule has 3 nitrogen and oxygen atoms in total. The molecule has 0 aliphatic rings. The smallest absolute Gasteiger partial charge is 0.252 e. The summed E-state index contributed by atoms with van der Waals surface area (Å²) in [7, 11) is 1.81. The lowest BCUT2D eigenvalue weighted by atomic mass is 10.1. The van der Waals surface area contributed by atoms with E-state index in [1.165, 1.54) is 0 Å². The molecule has 0 saturated carbocycles. The van der Waals surface area contributed by atoms with Crippen molar-refractivity contribution in [3.63, 3.8) is 0 Å². The monoisotopic (exact) mass is 244 g/mol. The van der Waals surface area contributed by atoms with Crippen LogP contribution in [0, 0.1) is 5.92 Å². The van der Waals surface area contributed by atoms with Crippen molar-refractivity contribution in [2.75, 3.05) is 11.9 Å². The number of fused-ring (bicyclic) bond motifs is 1. The highest BCUT2D eigenvalue weighted by atomic mass is 16.1. The van der Waals surface area contributed by atoms with Crippen LogP contribution < -0.4 is 10.9 Å². The SMILES string of the molecule is CCC(C)CNc1cc(=O)n(C)c2ccccc12. The van der Waals surface area contributed by atoms with Crippen LogP contribution in [0.15, 0.2) is 35.1 Å². The summed E-state index contributed by atoms with van der Waals surface area (Å²) in [5.74, 6) is 0.604. The lowest BCUT2D eigenvalue weighted by molar-refractivity contribution is 0.593. The number of rotatable bonds is 4. The fraction of sp³-hybridized carbons (Fsp3) is 0.400. The van der Waals surface area contributed by atoms with Crippen LogP contribution in [0.3, 0.4) is 0 Å². The van der Waals surface area contributed by atoms with Crippen molar-refractivity contribution in [2.45, 2.75) is 20.3 Å². The Labute approximate surface area is 107 Å². The van der Waals surface area contributed by atoms with Crippen molar-refractivity contribution in [2.24, 2.45) is 13.0 Å². The Bertz CT molecular complexity index is 601. The summed E-state index contributed by atoms with van der Waals surface area (Å²) in [5.41, 5.74) is 1.94. The molecule has 0 amide bonds. The first-order valence-corrected chi connectivity index (χ1v) is 6.46. The molecule has 1 atom stereocenters. The van der Waals surface area contributed by atoms with Gasteiger partial charge in [0.1, 0.15) is 0 Å². The van der Waals surface area contributed by atoms with Crippen LogP contribution in [-0.2, 0) is 7.05 Å². The van der Waals surface area contributed by atoms with Crippen LogP contribution in [0.4, 0.5) is 5.69 Å². The van der Waals surface area contributed by atoms with Crippen LogP contribution >= 0.6 is 0 Å². The molecule has 0 aliphatic carbocycles. The zero-order chi connectivity index (χ0) is 13.1. The Morgan fingerprint density at radius 1 is 1.33 bits per heavy atom. The summed E-state index contributed by atoms with van der Waals surface area (Å²) in [6, 6.07) is 9.67. The van der Waals surface area contributed by atoms with Gasteiger partial charge in [0.15, 0.2) is 0 Å². The number of hydrogen-bond acceptors (Lipinski definition) is 2. The summed E-state index contributed by atoms with van der Waals surface area (Å²) in [6.45, 7) is 5.28. The molecule has 1 aromatic carbocycles. The molecule has 18 heavy (non-hydrogen) atoms. The molecular formula is C15H20N2O. The Hall–Kier alpha value is -1.77. The number of aromatic nitrogens is 1. The normalized spacial score (nSPS) is 12.6. The summed E-state index contributed by atoms with van der Waals surface area (Å²) < 4.78 is 1.68. The van der Waals surface area contributed by atoms with Crippen LogP contribution in [0.2, 0.25) is 0 Å². The second kappa shape index (κ2) is 5.25. The number of aryl methyl sites for hydroxylation is 1. The minimum atomic E-state index is 0.0281. The fourth-order valence-electron chi connectivity index (χ4n) is 1.99. The van der Waals surface area contributed by atoms with E-state index in [4.69, 9.17) is 0 Å². The van der Waals surface area contributed by atoms with E-state index >= 15 is 0 Å². The fourth-order valence-corrected chi connectivity index (χ4v) is 1.99. The van der Waals surface area contributed by atoms with E-state index < -0.39 is 0 Å². The first-order valence-electron chi connectivity index (χ1n) is 6.46. The number of para-hydroxylation sites is 1. The maximum absolute atomic E-state index is 11.9. The minimum absolute atomic E-state index is 0.0281. The molecule has 96 valence electrons. The van der Waals surface area contributed by atoms with Gasteiger partial charge >= 0.3 is 0 Å². The summed E-state index contributed by atoms with van der Waals surface area (Å²) >= 11 is 0. The largest absolute Gasteiger partial charge is 0.384 e. The number of nitrogens with one attached hydrogen (secondary N) is 1. The lowest BCUT2D eigenvalue weighted by Crippen LogP contribution is -2.19. The van der Waals surface area contributed by atoms with E-state index in [1.807, 2.05) is 31.3 Å². The van der Waals surface area contributed by atoms with Gasteiger partial charge in [0.2, 0.25) is 0 Å². The predicted molar refractivity (Wildman–Crippen MR) is 77.1 cm³/mol. The van der Waals surface area contributed by atoms with E-state index in [0.29, 0.717) is 5.92 Å². The average Bonchev–Trinajstić information content (AvgIpc) is 2.41.